The molecule has 0 saturated heterocycles. The molecule has 1 heterocycles. The minimum atomic E-state index is -1.74. The van der Waals surface area contributed by atoms with Crippen LogP contribution in [0.1, 0.15) is 17.0 Å². The van der Waals surface area contributed by atoms with E-state index in [-0.39, 0.29) is 17.2 Å². The first-order valence-corrected chi connectivity index (χ1v) is 10.9. The number of nitrogens with zero attached hydrogens (tertiary/aromatic N) is 4. The number of benzene rings is 2. The third-order valence-corrected chi connectivity index (χ3v) is 7.14. The molecule has 0 bridgehead atoms. The van der Waals surface area contributed by atoms with E-state index in [0.29, 0.717) is 35.2 Å². The zero-order valence-electron chi connectivity index (χ0n) is 17.1. The molecule has 158 valence electrons. The van der Waals surface area contributed by atoms with Gasteiger partial charge in [0.15, 0.2) is 5.41 Å². The van der Waals surface area contributed by atoms with E-state index in [1.54, 1.807) is 18.2 Å². The van der Waals surface area contributed by atoms with Gasteiger partial charge in [0, 0.05) is 31.5 Å². The van der Waals surface area contributed by atoms with Crippen LogP contribution in [0, 0.1) is 45.3 Å². The summed E-state index contributed by atoms with van der Waals surface area (Å²) in [4.78, 5) is 2.23. The van der Waals surface area contributed by atoms with Crippen molar-refractivity contribution in [1.29, 1.82) is 15.8 Å². The van der Waals surface area contributed by atoms with Crippen LogP contribution >= 0.6 is 23.2 Å². The zero-order valence-corrected chi connectivity index (χ0v) is 18.6. The van der Waals surface area contributed by atoms with E-state index >= 15 is 0 Å². The van der Waals surface area contributed by atoms with Crippen molar-refractivity contribution in [3.05, 3.63) is 92.6 Å². The van der Waals surface area contributed by atoms with Crippen molar-refractivity contribution in [3.63, 3.8) is 0 Å². The van der Waals surface area contributed by atoms with Crippen LogP contribution in [0.3, 0.4) is 0 Å². The molecule has 7 heteroatoms. The molecular weight excluding hydrogens is 441 g/mol. The highest BCUT2D eigenvalue weighted by atomic mass is 35.5. The minimum absolute atomic E-state index is 0.0231. The van der Waals surface area contributed by atoms with Gasteiger partial charge >= 0.3 is 0 Å². The van der Waals surface area contributed by atoms with Crippen LogP contribution in [0.25, 0.3) is 0 Å². The van der Waals surface area contributed by atoms with Crippen LogP contribution in [-0.2, 0) is 6.54 Å². The minimum Gasteiger partial charge on any atom is -0.399 e. The average molecular weight is 460 g/mol. The van der Waals surface area contributed by atoms with Crippen LogP contribution < -0.4 is 5.73 Å². The monoisotopic (exact) mass is 459 g/mol. The Labute approximate surface area is 197 Å². The summed E-state index contributed by atoms with van der Waals surface area (Å²) >= 11 is 12.9. The summed E-state index contributed by atoms with van der Waals surface area (Å²) in [5.41, 5.74) is 7.30. The van der Waals surface area contributed by atoms with E-state index in [0.717, 1.165) is 11.1 Å². The van der Waals surface area contributed by atoms with Crippen LogP contribution in [0.2, 0.25) is 10.0 Å². The molecule has 4 rings (SSSR count). The fourth-order valence-electron chi connectivity index (χ4n) is 4.81. The van der Waals surface area contributed by atoms with Crippen molar-refractivity contribution in [2.75, 3.05) is 13.1 Å². The van der Waals surface area contributed by atoms with E-state index in [2.05, 4.69) is 35.2 Å². The molecule has 0 saturated carbocycles. The molecule has 0 fully saturated rings. The van der Waals surface area contributed by atoms with E-state index in [9.17, 15) is 15.8 Å². The molecule has 0 aromatic heterocycles. The van der Waals surface area contributed by atoms with E-state index in [4.69, 9.17) is 28.9 Å². The van der Waals surface area contributed by atoms with Gasteiger partial charge in [0.05, 0.1) is 33.5 Å². The van der Waals surface area contributed by atoms with Gasteiger partial charge in [-0.1, -0.05) is 71.7 Å². The second-order valence-electron chi connectivity index (χ2n) is 8.00. The predicted octanol–water partition coefficient (Wildman–Crippen LogP) is 4.92. The van der Waals surface area contributed by atoms with Gasteiger partial charge < -0.3 is 5.73 Å². The van der Waals surface area contributed by atoms with Gasteiger partial charge in [0.1, 0.15) is 6.07 Å². The Morgan fingerprint density at radius 1 is 1.03 bits per heavy atom. The summed E-state index contributed by atoms with van der Waals surface area (Å²) < 4.78 is 0. The van der Waals surface area contributed by atoms with Crippen LogP contribution in [-0.4, -0.2) is 18.0 Å². The number of halogens is 2. The van der Waals surface area contributed by atoms with Gasteiger partial charge in [-0.3, -0.25) is 4.90 Å². The standard InChI is InChI=1S/C25H19Cl2N5/c26-21-8-4-7-18(23(21)27)22-20-13-32(12-16-5-2-1-3-6-16)10-9-17(20)19(11-28)24(31)25(22,14-29)15-30/h1-9,20,22H,10,12-13,31H2/t20-,22-/m0/s1. The molecule has 0 radical (unpaired) electrons. The number of nitriles is 3. The quantitative estimate of drug-likeness (QED) is 0.701. The normalized spacial score (nSPS) is 22.2. The molecule has 1 aliphatic carbocycles. The van der Waals surface area contributed by atoms with Crippen molar-refractivity contribution in [2.24, 2.45) is 17.1 Å². The molecule has 32 heavy (non-hydrogen) atoms. The van der Waals surface area contributed by atoms with Crippen LogP contribution in [0.15, 0.2) is 71.5 Å². The fourth-order valence-corrected chi connectivity index (χ4v) is 5.24. The fraction of sp³-hybridized carbons (Fsp3) is 0.240. The highest BCUT2D eigenvalue weighted by molar-refractivity contribution is 6.42. The number of hydrogen-bond acceptors (Lipinski definition) is 5. The Morgan fingerprint density at radius 2 is 1.75 bits per heavy atom. The molecular formula is C25H19Cl2N5. The van der Waals surface area contributed by atoms with Gasteiger partial charge in [-0.05, 0) is 22.8 Å². The Bertz CT molecular complexity index is 1230. The van der Waals surface area contributed by atoms with Crippen molar-refractivity contribution in [3.8, 4) is 18.2 Å². The SMILES string of the molecule is N#CC1=C(N)C(C#N)(C#N)[C@@H](c2cccc(Cl)c2Cl)[C@H]2CN(Cc3ccccc3)CC=C12. The highest BCUT2D eigenvalue weighted by Gasteiger charge is 2.55. The average Bonchev–Trinajstić information content (AvgIpc) is 2.81. The largest absolute Gasteiger partial charge is 0.399 e. The topological polar surface area (TPSA) is 101 Å². The van der Waals surface area contributed by atoms with E-state index in [1.165, 1.54) is 0 Å². The Morgan fingerprint density at radius 3 is 2.41 bits per heavy atom. The van der Waals surface area contributed by atoms with Gasteiger partial charge in [-0.25, -0.2) is 0 Å². The summed E-state index contributed by atoms with van der Waals surface area (Å²) in [5.74, 6) is -1.00. The summed E-state index contributed by atoms with van der Waals surface area (Å²) in [6.45, 7) is 1.86. The summed E-state index contributed by atoms with van der Waals surface area (Å²) in [5, 5.41) is 30.9. The van der Waals surface area contributed by atoms with Crippen molar-refractivity contribution in [2.45, 2.75) is 12.5 Å². The number of nitrogens with two attached hydrogens (primary N) is 1. The molecule has 1 aliphatic heterocycles. The van der Waals surface area contributed by atoms with Crippen LogP contribution in [0.5, 0.6) is 0 Å². The van der Waals surface area contributed by atoms with Crippen molar-refractivity contribution >= 4 is 23.2 Å². The Balaban J connectivity index is 1.89. The third-order valence-electron chi connectivity index (χ3n) is 6.31. The molecule has 2 aromatic rings. The summed E-state index contributed by atoms with van der Waals surface area (Å²) in [7, 11) is 0. The summed E-state index contributed by atoms with van der Waals surface area (Å²) in [6, 6.07) is 21.7. The zero-order chi connectivity index (χ0) is 22.9. The molecule has 5 nitrogen and oxygen atoms in total. The van der Waals surface area contributed by atoms with Gasteiger partial charge in [-0.2, -0.15) is 15.8 Å². The lowest BCUT2D eigenvalue weighted by Gasteiger charge is -2.45. The highest BCUT2D eigenvalue weighted by Crippen LogP contribution is 2.55. The smallest absolute Gasteiger partial charge is 0.191 e. The van der Waals surface area contributed by atoms with Crippen molar-refractivity contribution < 1.29 is 0 Å². The number of fused-ring (bicyclic) bond motifs is 1. The lowest BCUT2D eigenvalue weighted by molar-refractivity contribution is 0.201. The first kappa shape index (κ1) is 21.9. The second-order valence-corrected chi connectivity index (χ2v) is 8.78. The van der Waals surface area contributed by atoms with E-state index in [1.807, 2.05) is 24.3 Å². The summed E-state index contributed by atoms with van der Waals surface area (Å²) in [6.07, 6.45) is 1.98. The molecule has 0 amide bonds. The lowest BCUT2D eigenvalue weighted by Crippen LogP contribution is -2.48. The number of hydrogen-bond donors (Lipinski definition) is 1. The first-order chi connectivity index (χ1) is 15.5. The molecule has 2 atom stereocenters. The van der Waals surface area contributed by atoms with E-state index < -0.39 is 11.3 Å². The molecule has 0 unspecified atom stereocenters. The number of allylic oxidation sites excluding steroid dienone is 2. The molecule has 0 spiro atoms. The Kier molecular flexibility index (Phi) is 5.96. The molecule has 2 aromatic carbocycles. The maximum absolute atomic E-state index is 10.2. The lowest BCUT2D eigenvalue weighted by atomic mass is 9.58. The maximum atomic E-state index is 10.2. The van der Waals surface area contributed by atoms with Crippen molar-refractivity contribution in [1.82, 2.24) is 4.90 Å². The van der Waals surface area contributed by atoms with Gasteiger partial charge in [0.25, 0.3) is 0 Å². The van der Waals surface area contributed by atoms with Gasteiger partial charge in [-0.15, -0.1) is 0 Å². The third kappa shape index (κ3) is 3.44. The van der Waals surface area contributed by atoms with Crippen LogP contribution in [0.4, 0.5) is 0 Å². The Hall–Kier alpha value is -3.27. The maximum Gasteiger partial charge on any atom is 0.191 e. The number of rotatable bonds is 3. The molecule has 2 N–H and O–H groups in total. The predicted molar refractivity (Wildman–Crippen MR) is 123 cm³/mol. The molecule has 2 aliphatic rings. The van der Waals surface area contributed by atoms with Gasteiger partial charge in [0.2, 0.25) is 0 Å². The first-order valence-electron chi connectivity index (χ1n) is 10.1. The second kappa shape index (κ2) is 8.70.